The quantitative estimate of drug-likeness (QED) is 0.749. The summed E-state index contributed by atoms with van der Waals surface area (Å²) in [6, 6.07) is 7.58. The molecule has 3 heteroatoms. The van der Waals surface area contributed by atoms with Gasteiger partial charge in [0.15, 0.2) is 0 Å². The van der Waals surface area contributed by atoms with Crippen LogP contribution >= 0.6 is 0 Å². The van der Waals surface area contributed by atoms with Crippen molar-refractivity contribution < 1.29 is 9.18 Å². The van der Waals surface area contributed by atoms with Gasteiger partial charge in [0, 0.05) is 11.8 Å². The number of Topliss-reactive ketones (excluding diaryl/α,β-unsaturated/α-hetero) is 1. The van der Waals surface area contributed by atoms with E-state index in [4.69, 9.17) is 0 Å². The van der Waals surface area contributed by atoms with Gasteiger partial charge in [0.25, 0.3) is 0 Å². The molecule has 0 amide bonds. The van der Waals surface area contributed by atoms with Crippen LogP contribution in [0.4, 0.5) is 4.39 Å². The lowest BCUT2D eigenvalue weighted by Gasteiger charge is -2.05. The average molecular weight is 245 g/mol. The Morgan fingerprint density at radius 3 is 2.83 bits per heavy atom. The van der Waals surface area contributed by atoms with Crippen molar-refractivity contribution in [3.8, 4) is 0 Å². The Labute approximate surface area is 106 Å². The molecule has 1 aliphatic rings. The zero-order chi connectivity index (χ0) is 13.0. The fraction of sp³-hybridized carbons (Fsp3) is 0.333. The van der Waals surface area contributed by atoms with Crippen LogP contribution in [0.15, 0.2) is 40.5 Å². The van der Waals surface area contributed by atoms with Gasteiger partial charge in [0.05, 0.1) is 0 Å². The molecule has 0 aliphatic heterocycles. The van der Waals surface area contributed by atoms with E-state index >= 15 is 0 Å². The van der Waals surface area contributed by atoms with Gasteiger partial charge >= 0.3 is 0 Å². The number of carbonyl (C=O) groups excluding carboxylic acids is 1. The van der Waals surface area contributed by atoms with Crippen molar-refractivity contribution in [2.24, 2.45) is 4.99 Å². The number of halogens is 1. The number of aryl methyl sites for hydroxylation is 1. The number of nitrogens with zero attached hydrogens (tertiary/aromatic N) is 1. The average Bonchev–Trinajstić information content (AvgIpc) is 2.54. The van der Waals surface area contributed by atoms with Crippen molar-refractivity contribution in [2.75, 3.05) is 6.67 Å². The van der Waals surface area contributed by atoms with E-state index < -0.39 is 6.67 Å². The molecular weight excluding hydrogens is 229 g/mol. The van der Waals surface area contributed by atoms with Gasteiger partial charge in [0.2, 0.25) is 5.78 Å². The summed E-state index contributed by atoms with van der Waals surface area (Å²) in [5.74, 6) is -0.0790. The molecule has 1 aromatic rings. The summed E-state index contributed by atoms with van der Waals surface area (Å²) in [4.78, 5) is 16.4. The minimum atomic E-state index is -0.643. The number of carbonyl (C=O) groups is 1. The zero-order valence-corrected chi connectivity index (χ0v) is 10.4. The zero-order valence-electron chi connectivity index (χ0n) is 10.4. The predicted molar refractivity (Wildman–Crippen MR) is 70.9 cm³/mol. The summed E-state index contributed by atoms with van der Waals surface area (Å²) in [7, 11) is 0. The van der Waals surface area contributed by atoms with Gasteiger partial charge in [-0.05, 0) is 30.4 Å². The normalized spacial score (nSPS) is 16.0. The van der Waals surface area contributed by atoms with E-state index in [-0.39, 0.29) is 5.78 Å². The van der Waals surface area contributed by atoms with Crippen LogP contribution in [-0.2, 0) is 6.42 Å². The van der Waals surface area contributed by atoms with E-state index in [2.05, 4.69) is 4.99 Å². The number of hydrogen-bond acceptors (Lipinski definition) is 2. The predicted octanol–water partition coefficient (Wildman–Crippen LogP) is 3.52. The largest absolute Gasteiger partial charge is 0.287 e. The molecule has 2 nitrogen and oxygen atoms in total. The highest BCUT2D eigenvalue weighted by Crippen LogP contribution is 2.27. The maximum atomic E-state index is 12.4. The van der Waals surface area contributed by atoms with E-state index in [0.29, 0.717) is 11.3 Å². The Morgan fingerprint density at radius 2 is 2.11 bits per heavy atom. The molecule has 0 N–H and O–H groups in total. The van der Waals surface area contributed by atoms with Crippen LogP contribution in [0.2, 0.25) is 0 Å². The Kier molecular flexibility index (Phi) is 4.03. The first-order valence-corrected chi connectivity index (χ1v) is 6.21. The lowest BCUT2D eigenvalue weighted by Crippen LogP contribution is -2.05. The second-order valence-corrected chi connectivity index (χ2v) is 4.26. The summed E-state index contributed by atoms with van der Waals surface area (Å²) < 4.78 is 12.2. The number of allylic oxidation sites excluding steroid dienone is 2. The van der Waals surface area contributed by atoms with Crippen LogP contribution in [0, 0.1) is 0 Å². The smallest absolute Gasteiger partial charge is 0.211 e. The van der Waals surface area contributed by atoms with Gasteiger partial charge in [0.1, 0.15) is 12.4 Å². The third-order valence-electron chi connectivity index (χ3n) is 3.22. The molecule has 2 rings (SSSR count). The number of fused-ring (bicyclic) bond motifs is 1. The Balaban J connectivity index is 2.48. The van der Waals surface area contributed by atoms with Crippen molar-refractivity contribution in [3.05, 3.63) is 46.7 Å². The van der Waals surface area contributed by atoms with E-state index in [1.165, 1.54) is 0 Å². The minimum absolute atomic E-state index is 0.0790. The van der Waals surface area contributed by atoms with Gasteiger partial charge in [-0.25, -0.2) is 4.39 Å². The highest BCUT2D eigenvalue weighted by Gasteiger charge is 2.21. The molecule has 94 valence electrons. The summed E-state index contributed by atoms with van der Waals surface area (Å²) in [6.45, 7) is 1.36. The van der Waals surface area contributed by atoms with E-state index in [0.717, 1.165) is 36.6 Å². The number of hydrogen-bond donors (Lipinski definition) is 0. The van der Waals surface area contributed by atoms with Crippen LogP contribution in [0.3, 0.4) is 0 Å². The van der Waals surface area contributed by atoms with Gasteiger partial charge in [-0.15, -0.1) is 0 Å². The van der Waals surface area contributed by atoms with Gasteiger partial charge in [-0.3, -0.25) is 9.79 Å². The van der Waals surface area contributed by atoms with Crippen molar-refractivity contribution in [1.82, 2.24) is 0 Å². The summed E-state index contributed by atoms with van der Waals surface area (Å²) >= 11 is 0. The third kappa shape index (κ3) is 2.40. The molecule has 0 aromatic heterocycles. The maximum Gasteiger partial charge on any atom is 0.211 e. The van der Waals surface area contributed by atoms with Gasteiger partial charge < -0.3 is 0 Å². The molecule has 1 aliphatic carbocycles. The van der Waals surface area contributed by atoms with Gasteiger partial charge in [-0.1, -0.05) is 31.2 Å². The number of alkyl halides is 1. The van der Waals surface area contributed by atoms with E-state index in [9.17, 15) is 9.18 Å². The molecular formula is C15H16FNO. The first-order chi connectivity index (χ1) is 8.77. The topological polar surface area (TPSA) is 29.4 Å². The van der Waals surface area contributed by atoms with Gasteiger partial charge in [-0.2, -0.15) is 0 Å². The fourth-order valence-electron chi connectivity index (χ4n) is 2.27. The highest BCUT2D eigenvalue weighted by atomic mass is 19.1. The molecule has 0 atom stereocenters. The van der Waals surface area contributed by atoms with Crippen molar-refractivity contribution >= 4 is 12.0 Å². The molecule has 0 bridgehead atoms. The molecule has 0 radical (unpaired) electrons. The van der Waals surface area contributed by atoms with Crippen LogP contribution in [0.1, 0.15) is 35.7 Å². The SMILES string of the molecule is CCC1=C(N=CCF)C(=O)c2ccccc2CC1. The second-order valence-electron chi connectivity index (χ2n) is 4.26. The first kappa shape index (κ1) is 12.7. The Bertz CT molecular complexity index is 517. The molecule has 0 spiro atoms. The lowest BCUT2D eigenvalue weighted by molar-refractivity contribution is 0.103. The minimum Gasteiger partial charge on any atom is -0.287 e. The number of aliphatic imine (C=N–C) groups is 1. The Morgan fingerprint density at radius 1 is 1.33 bits per heavy atom. The summed E-state index contributed by atoms with van der Waals surface area (Å²) in [5, 5.41) is 0. The molecule has 0 saturated carbocycles. The fourth-order valence-corrected chi connectivity index (χ4v) is 2.27. The van der Waals surface area contributed by atoms with Crippen LogP contribution in [-0.4, -0.2) is 18.7 Å². The van der Waals surface area contributed by atoms with Crippen LogP contribution < -0.4 is 0 Å². The van der Waals surface area contributed by atoms with Crippen molar-refractivity contribution in [2.45, 2.75) is 26.2 Å². The number of benzene rings is 1. The monoisotopic (exact) mass is 245 g/mol. The first-order valence-electron chi connectivity index (χ1n) is 6.21. The van der Waals surface area contributed by atoms with E-state index in [1.807, 2.05) is 31.2 Å². The number of rotatable bonds is 3. The maximum absolute atomic E-state index is 12.4. The molecule has 18 heavy (non-hydrogen) atoms. The Hall–Kier alpha value is -1.77. The number of ketones is 1. The second kappa shape index (κ2) is 5.71. The summed E-state index contributed by atoms with van der Waals surface area (Å²) in [6.07, 6.45) is 3.60. The molecule has 1 aromatic carbocycles. The molecule has 0 fully saturated rings. The standard InChI is InChI=1S/C15H16FNO/c1-2-11-7-8-12-5-3-4-6-13(12)15(18)14(11)17-10-9-16/h3-6,10H,2,7-9H2,1H3. The van der Waals surface area contributed by atoms with Crippen LogP contribution in [0.5, 0.6) is 0 Å². The highest BCUT2D eigenvalue weighted by molar-refractivity contribution is 6.10. The molecule has 0 heterocycles. The van der Waals surface area contributed by atoms with Crippen molar-refractivity contribution in [3.63, 3.8) is 0 Å². The van der Waals surface area contributed by atoms with Crippen LogP contribution in [0.25, 0.3) is 0 Å². The molecule has 0 unspecified atom stereocenters. The van der Waals surface area contributed by atoms with E-state index in [1.54, 1.807) is 0 Å². The third-order valence-corrected chi connectivity index (χ3v) is 3.22. The summed E-state index contributed by atoms with van der Waals surface area (Å²) in [5.41, 5.74) is 3.20. The molecule has 0 saturated heterocycles. The van der Waals surface area contributed by atoms with Crippen molar-refractivity contribution in [1.29, 1.82) is 0 Å². The lowest BCUT2D eigenvalue weighted by atomic mass is 10.0.